The van der Waals surface area contributed by atoms with E-state index < -0.39 is 5.60 Å². The summed E-state index contributed by atoms with van der Waals surface area (Å²) < 4.78 is 2.98. The van der Waals surface area contributed by atoms with Crippen molar-refractivity contribution in [3.8, 4) is 11.1 Å². The van der Waals surface area contributed by atoms with Crippen LogP contribution in [0, 0.1) is 0 Å². The molecule has 4 heterocycles. The Morgan fingerprint density at radius 1 is 1.13 bits per heavy atom. The zero-order valence-corrected chi connectivity index (χ0v) is 17.7. The third kappa shape index (κ3) is 3.80. The molecule has 0 saturated carbocycles. The lowest BCUT2D eigenvalue weighted by molar-refractivity contribution is -0.0300. The van der Waals surface area contributed by atoms with Gasteiger partial charge in [0.15, 0.2) is 0 Å². The number of carbonyl (C=O) groups excluding carboxylic acids is 1. The van der Waals surface area contributed by atoms with Gasteiger partial charge in [0.25, 0.3) is 11.5 Å². The molecule has 1 aromatic carbocycles. The van der Waals surface area contributed by atoms with Crippen molar-refractivity contribution in [2.45, 2.75) is 25.0 Å². The molecule has 1 N–H and O–H groups in total. The van der Waals surface area contributed by atoms with Crippen molar-refractivity contribution in [3.05, 3.63) is 81.7 Å². The molecule has 1 aliphatic rings. The summed E-state index contributed by atoms with van der Waals surface area (Å²) in [5.74, 6) is -0.0347. The summed E-state index contributed by atoms with van der Waals surface area (Å²) in [6, 6.07) is 13.2. The molecule has 0 bridgehead atoms. The van der Waals surface area contributed by atoms with Crippen molar-refractivity contribution in [1.29, 1.82) is 0 Å². The summed E-state index contributed by atoms with van der Waals surface area (Å²) >= 11 is 1.63. The van der Waals surface area contributed by atoms with Crippen LogP contribution >= 0.6 is 11.3 Å². The molecule has 158 valence electrons. The predicted octanol–water partition coefficient (Wildman–Crippen LogP) is 2.89. The number of aromatic nitrogens is 3. The lowest BCUT2D eigenvalue weighted by Gasteiger charge is -2.38. The summed E-state index contributed by atoms with van der Waals surface area (Å²) in [7, 11) is 0. The van der Waals surface area contributed by atoms with Gasteiger partial charge in [-0.05, 0) is 65.1 Å². The van der Waals surface area contributed by atoms with Crippen LogP contribution < -0.4 is 5.56 Å². The highest BCUT2D eigenvalue weighted by Crippen LogP contribution is 2.27. The molecule has 7 nitrogen and oxygen atoms in total. The van der Waals surface area contributed by atoms with Gasteiger partial charge in [0, 0.05) is 24.8 Å². The number of hydrogen-bond acceptors (Lipinski definition) is 5. The van der Waals surface area contributed by atoms with Crippen molar-refractivity contribution in [3.63, 3.8) is 0 Å². The highest BCUT2D eigenvalue weighted by Gasteiger charge is 2.35. The normalized spacial score (nSPS) is 16.0. The first-order valence-corrected chi connectivity index (χ1v) is 11.1. The van der Waals surface area contributed by atoms with E-state index >= 15 is 0 Å². The number of likely N-dealkylation sites (tertiary alicyclic amines) is 1. The number of thiophene rings is 1. The smallest absolute Gasteiger partial charge is 0.277 e. The van der Waals surface area contributed by atoms with Crippen molar-refractivity contribution in [1.82, 2.24) is 19.1 Å². The van der Waals surface area contributed by atoms with E-state index in [4.69, 9.17) is 0 Å². The minimum Gasteiger partial charge on any atom is -0.388 e. The number of hydrogen-bond donors (Lipinski definition) is 1. The maximum Gasteiger partial charge on any atom is 0.277 e. The van der Waals surface area contributed by atoms with Gasteiger partial charge in [0.2, 0.25) is 0 Å². The Bertz CT molecular complexity index is 1280. The molecule has 5 rings (SSSR count). The first-order valence-electron chi connectivity index (χ1n) is 10.2. The Labute approximate surface area is 182 Å². The average Bonchev–Trinajstić information content (AvgIpc) is 3.48. The molecule has 8 heteroatoms. The van der Waals surface area contributed by atoms with E-state index in [2.05, 4.69) is 10.5 Å². The van der Waals surface area contributed by atoms with E-state index in [0.717, 1.165) is 11.1 Å². The first kappa shape index (κ1) is 19.7. The molecule has 1 saturated heterocycles. The lowest BCUT2D eigenvalue weighted by atomic mass is 9.90. The lowest BCUT2D eigenvalue weighted by Crippen LogP contribution is -2.49. The molecule has 1 aliphatic heterocycles. The predicted molar refractivity (Wildman–Crippen MR) is 119 cm³/mol. The molecule has 0 radical (unpaired) electrons. The minimum atomic E-state index is -1.05. The molecule has 1 amide bonds. The van der Waals surface area contributed by atoms with E-state index in [0.29, 0.717) is 37.0 Å². The second kappa shape index (κ2) is 7.79. The molecule has 4 aromatic rings. The fraction of sp³-hybridized carbons (Fsp3) is 0.261. The van der Waals surface area contributed by atoms with Gasteiger partial charge in [-0.25, -0.2) is 4.52 Å². The van der Waals surface area contributed by atoms with E-state index in [1.165, 1.54) is 15.4 Å². The van der Waals surface area contributed by atoms with Crippen LogP contribution in [0.3, 0.4) is 0 Å². The van der Waals surface area contributed by atoms with Crippen LogP contribution in [0.5, 0.6) is 0 Å². The highest BCUT2D eigenvalue weighted by atomic mass is 32.1. The second-order valence-electron chi connectivity index (χ2n) is 8.01. The van der Waals surface area contributed by atoms with Crippen LogP contribution in [-0.2, 0) is 6.54 Å². The summed E-state index contributed by atoms with van der Waals surface area (Å²) in [5.41, 5.74) is 2.01. The number of fused-ring (bicyclic) bond motifs is 1. The Balaban J connectivity index is 1.28. The Hall–Kier alpha value is -3.23. The standard InChI is InChI=1S/C23H22N4O3S/c28-21(18-4-1-3-17(13-18)19-6-12-31-14-19)25-10-7-23(30,8-11-25)15-26-16-24-27-9-2-5-20(27)22(26)29/h1-6,9,12-14,16,30H,7-8,10-11,15H2. The van der Waals surface area contributed by atoms with E-state index in [1.807, 2.05) is 35.7 Å². The van der Waals surface area contributed by atoms with E-state index in [-0.39, 0.29) is 18.0 Å². The van der Waals surface area contributed by atoms with Crippen LogP contribution in [0.15, 0.2) is 70.5 Å². The molecule has 31 heavy (non-hydrogen) atoms. The largest absolute Gasteiger partial charge is 0.388 e. The van der Waals surface area contributed by atoms with E-state index in [9.17, 15) is 14.7 Å². The van der Waals surface area contributed by atoms with Gasteiger partial charge in [-0.3, -0.25) is 14.2 Å². The molecule has 0 atom stereocenters. The summed E-state index contributed by atoms with van der Waals surface area (Å²) in [6.45, 7) is 1.04. The van der Waals surface area contributed by atoms with Crippen molar-refractivity contribution >= 4 is 22.8 Å². The number of rotatable bonds is 4. The van der Waals surface area contributed by atoms with Gasteiger partial charge in [0.05, 0.1) is 12.1 Å². The monoisotopic (exact) mass is 434 g/mol. The van der Waals surface area contributed by atoms with Crippen molar-refractivity contribution in [2.75, 3.05) is 13.1 Å². The van der Waals surface area contributed by atoms with Gasteiger partial charge in [-0.15, -0.1) is 0 Å². The summed E-state index contributed by atoms with van der Waals surface area (Å²) in [4.78, 5) is 27.4. The SMILES string of the molecule is O=C(c1cccc(-c2ccsc2)c1)N1CCC(O)(Cn2cnn3cccc3c2=O)CC1. The van der Waals surface area contributed by atoms with E-state index in [1.54, 1.807) is 34.6 Å². The van der Waals surface area contributed by atoms with Crippen molar-refractivity contribution in [2.24, 2.45) is 0 Å². The first-order chi connectivity index (χ1) is 15.0. The number of aliphatic hydroxyl groups is 1. The second-order valence-corrected chi connectivity index (χ2v) is 8.79. The third-order valence-corrected chi connectivity index (χ3v) is 6.62. The molecule has 0 unspecified atom stereocenters. The number of amides is 1. The zero-order chi connectivity index (χ0) is 21.4. The van der Waals surface area contributed by atoms with Crippen LogP contribution in [0.2, 0.25) is 0 Å². The van der Waals surface area contributed by atoms with Gasteiger partial charge in [-0.2, -0.15) is 16.4 Å². The maximum absolute atomic E-state index is 13.0. The van der Waals surface area contributed by atoms with Gasteiger partial charge < -0.3 is 10.0 Å². The van der Waals surface area contributed by atoms with Crippen LogP contribution in [0.1, 0.15) is 23.2 Å². The molecule has 3 aromatic heterocycles. The van der Waals surface area contributed by atoms with Gasteiger partial charge >= 0.3 is 0 Å². The number of benzene rings is 1. The minimum absolute atomic E-state index is 0.0347. The summed E-state index contributed by atoms with van der Waals surface area (Å²) in [5, 5.41) is 19.4. The molecular weight excluding hydrogens is 412 g/mol. The Morgan fingerprint density at radius 3 is 2.74 bits per heavy atom. The molecular formula is C23H22N4O3S. The quantitative estimate of drug-likeness (QED) is 0.536. The molecule has 0 spiro atoms. The van der Waals surface area contributed by atoms with Gasteiger partial charge in [0.1, 0.15) is 11.8 Å². The Morgan fingerprint density at radius 2 is 1.97 bits per heavy atom. The fourth-order valence-corrected chi connectivity index (χ4v) is 4.78. The number of piperidine rings is 1. The number of carbonyl (C=O) groups is 1. The zero-order valence-electron chi connectivity index (χ0n) is 16.8. The molecule has 1 fully saturated rings. The van der Waals surface area contributed by atoms with Crippen molar-refractivity contribution < 1.29 is 9.90 Å². The topological polar surface area (TPSA) is 79.8 Å². The van der Waals surface area contributed by atoms with Gasteiger partial charge in [-0.1, -0.05) is 12.1 Å². The third-order valence-electron chi connectivity index (χ3n) is 5.93. The fourth-order valence-electron chi connectivity index (χ4n) is 4.12. The highest BCUT2D eigenvalue weighted by molar-refractivity contribution is 7.08. The molecule has 0 aliphatic carbocycles. The maximum atomic E-state index is 13.0. The van der Waals surface area contributed by atoms with Crippen LogP contribution in [-0.4, -0.2) is 48.8 Å². The number of nitrogens with zero attached hydrogens (tertiary/aromatic N) is 4. The van der Waals surface area contributed by atoms with Crippen LogP contribution in [0.25, 0.3) is 16.6 Å². The Kier molecular flexibility index (Phi) is 4.95. The summed E-state index contributed by atoms with van der Waals surface area (Å²) in [6.07, 6.45) is 3.98. The van der Waals surface area contributed by atoms with Crippen LogP contribution in [0.4, 0.5) is 0 Å². The average molecular weight is 435 g/mol.